The Kier molecular flexibility index (Phi) is 16.0. The Morgan fingerprint density at radius 1 is 1.15 bits per heavy atom. The second kappa shape index (κ2) is 14.8. The Balaban J connectivity index is 0. The van der Waals surface area contributed by atoms with Crippen molar-refractivity contribution in [2.45, 2.75) is 78.9 Å². The van der Waals surface area contributed by atoms with Crippen molar-refractivity contribution >= 4 is 6.41 Å². The Labute approximate surface area is 126 Å². The van der Waals surface area contributed by atoms with E-state index in [1.807, 2.05) is 13.8 Å². The van der Waals surface area contributed by atoms with E-state index >= 15 is 0 Å². The van der Waals surface area contributed by atoms with Gasteiger partial charge in [0.25, 0.3) is 0 Å². The van der Waals surface area contributed by atoms with Crippen LogP contribution in [-0.2, 0) is 9.53 Å². The number of ether oxygens (including phenoxy) is 1. The van der Waals surface area contributed by atoms with Crippen LogP contribution in [-0.4, -0.2) is 37.7 Å². The molecule has 0 aromatic heterocycles. The van der Waals surface area contributed by atoms with E-state index in [2.05, 4.69) is 38.3 Å². The van der Waals surface area contributed by atoms with Gasteiger partial charge < -0.3 is 15.4 Å². The van der Waals surface area contributed by atoms with E-state index in [1.165, 1.54) is 12.8 Å². The summed E-state index contributed by atoms with van der Waals surface area (Å²) in [5, 5.41) is 6.24. The fourth-order valence-corrected chi connectivity index (χ4v) is 1.66. The molecule has 0 aliphatic heterocycles. The Hall–Kier alpha value is -0.610. The van der Waals surface area contributed by atoms with E-state index in [1.54, 1.807) is 0 Å². The predicted molar refractivity (Wildman–Crippen MR) is 87.1 cm³/mol. The smallest absolute Gasteiger partial charge is 0.207 e. The van der Waals surface area contributed by atoms with Gasteiger partial charge in [-0.05, 0) is 46.6 Å². The second-order valence-corrected chi connectivity index (χ2v) is 5.61. The lowest BCUT2D eigenvalue weighted by atomic mass is 10.1. The number of hydrogen-bond donors (Lipinski definition) is 2. The van der Waals surface area contributed by atoms with Gasteiger partial charge in [-0.1, -0.05) is 27.2 Å². The van der Waals surface area contributed by atoms with Crippen LogP contribution < -0.4 is 10.6 Å². The Morgan fingerprint density at radius 3 is 2.30 bits per heavy atom. The molecule has 20 heavy (non-hydrogen) atoms. The molecule has 122 valence electrons. The van der Waals surface area contributed by atoms with Crippen LogP contribution in [0.15, 0.2) is 0 Å². The van der Waals surface area contributed by atoms with Crippen molar-refractivity contribution in [3.05, 3.63) is 0 Å². The van der Waals surface area contributed by atoms with Crippen LogP contribution in [0, 0.1) is 0 Å². The van der Waals surface area contributed by atoms with Gasteiger partial charge in [0.15, 0.2) is 0 Å². The third-order valence-corrected chi connectivity index (χ3v) is 2.69. The van der Waals surface area contributed by atoms with Crippen LogP contribution in [0.3, 0.4) is 0 Å². The molecule has 0 bridgehead atoms. The summed E-state index contributed by atoms with van der Waals surface area (Å²) in [5.41, 5.74) is -0.0744. The number of carbonyl (C=O) groups is 1. The monoisotopic (exact) mass is 288 g/mol. The minimum absolute atomic E-state index is 0.0744. The first-order chi connectivity index (χ1) is 9.49. The Bertz CT molecular complexity index is 203. The van der Waals surface area contributed by atoms with Gasteiger partial charge in [0.2, 0.25) is 6.41 Å². The summed E-state index contributed by atoms with van der Waals surface area (Å²) < 4.78 is 5.74. The first-order valence-electron chi connectivity index (χ1n) is 8.04. The average molecular weight is 288 g/mol. The molecule has 0 aliphatic carbocycles. The average Bonchev–Trinajstić information content (AvgIpc) is 2.39. The zero-order valence-corrected chi connectivity index (χ0v) is 14.4. The molecule has 4 nitrogen and oxygen atoms in total. The van der Waals surface area contributed by atoms with Crippen LogP contribution in [0.25, 0.3) is 0 Å². The number of unbranched alkanes of at least 4 members (excludes halogenated alkanes) is 1. The molecule has 0 aromatic rings. The number of carbonyl (C=O) groups excluding carboxylic acids is 1. The molecule has 1 atom stereocenters. The summed E-state index contributed by atoms with van der Waals surface area (Å²) in [6, 6.07) is 0.423. The first kappa shape index (κ1) is 21.7. The molecule has 1 amide bonds. The van der Waals surface area contributed by atoms with Crippen molar-refractivity contribution in [2.75, 3.05) is 19.7 Å². The highest BCUT2D eigenvalue weighted by molar-refractivity contribution is 5.45. The topological polar surface area (TPSA) is 50.4 Å². The van der Waals surface area contributed by atoms with Crippen LogP contribution in [0.1, 0.15) is 67.2 Å². The molecule has 2 N–H and O–H groups in total. The zero-order chi connectivity index (χ0) is 15.9. The summed E-state index contributed by atoms with van der Waals surface area (Å²) in [6.07, 6.45) is 5.09. The van der Waals surface area contributed by atoms with Gasteiger partial charge in [-0.25, -0.2) is 0 Å². The highest BCUT2D eigenvalue weighted by Crippen LogP contribution is 2.08. The third-order valence-electron chi connectivity index (χ3n) is 2.69. The molecule has 0 saturated carbocycles. The molecule has 1 unspecified atom stereocenters. The van der Waals surface area contributed by atoms with E-state index in [0.29, 0.717) is 6.04 Å². The summed E-state index contributed by atoms with van der Waals surface area (Å²) in [6.45, 7) is 14.9. The van der Waals surface area contributed by atoms with Crippen LogP contribution >= 0.6 is 0 Å². The number of rotatable bonds is 11. The van der Waals surface area contributed by atoms with Crippen molar-refractivity contribution in [3.63, 3.8) is 0 Å². The summed E-state index contributed by atoms with van der Waals surface area (Å²) in [4.78, 5) is 10.2. The SMILES string of the molecule is CC.CCCCNC(CCNC=O)CCOC(C)(C)C. The van der Waals surface area contributed by atoms with Gasteiger partial charge in [0, 0.05) is 19.2 Å². The maximum Gasteiger partial charge on any atom is 0.207 e. The minimum Gasteiger partial charge on any atom is -0.376 e. The van der Waals surface area contributed by atoms with E-state index in [-0.39, 0.29) is 5.60 Å². The molecule has 0 fully saturated rings. The summed E-state index contributed by atoms with van der Waals surface area (Å²) in [7, 11) is 0. The Morgan fingerprint density at radius 2 is 1.80 bits per heavy atom. The molecule has 0 rings (SSSR count). The molecule has 0 spiro atoms. The van der Waals surface area contributed by atoms with E-state index in [4.69, 9.17) is 4.74 Å². The van der Waals surface area contributed by atoms with Gasteiger partial charge in [-0.2, -0.15) is 0 Å². The lowest BCUT2D eigenvalue weighted by Gasteiger charge is -2.23. The van der Waals surface area contributed by atoms with Crippen molar-refractivity contribution < 1.29 is 9.53 Å². The van der Waals surface area contributed by atoms with E-state index < -0.39 is 0 Å². The van der Waals surface area contributed by atoms with Gasteiger partial charge >= 0.3 is 0 Å². The van der Waals surface area contributed by atoms with Gasteiger partial charge in [0.1, 0.15) is 0 Å². The van der Waals surface area contributed by atoms with Gasteiger partial charge in [-0.15, -0.1) is 0 Å². The second-order valence-electron chi connectivity index (χ2n) is 5.61. The molecular formula is C16H36N2O2. The minimum atomic E-state index is -0.0744. The zero-order valence-electron chi connectivity index (χ0n) is 14.4. The molecule has 0 aliphatic rings. The van der Waals surface area contributed by atoms with Crippen molar-refractivity contribution in [2.24, 2.45) is 0 Å². The van der Waals surface area contributed by atoms with E-state index in [9.17, 15) is 4.79 Å². The quantitative estimate of drug-likeness (QED) is 0.454. The largest absolute Gasteiger partial charge is 0.376 e. The highest BCUT2D eigenvalue weighted by Gasteiger charge is 2.12. The number of hydrogen-bond acceptors (Lipinski definition) is 3. The predicted octanol–water partition coefficient (Wildman–Crippen LogP) is 3.11. The molecule has 4 heteroatoms. The van der Waals surface area contributed by atoms with Gasteiger partial charge in [-0.3, -0.25) is 4.79 Å². The molecular weight excluding hydrogens is 252 g/mol. The molecule has 0 radical (unpaired) electrons. The molecule has 0 saturated heterocycles. The van der Waals surface area contributed by atoms with Crippen molar-refractivity contribution in [3.8, 4) is 0 Å². The maximum absolute atomic E-state index is 10.2. The van der Waals surface area contributed by atoms with Crippen molar-refractivity contribution in [1.29, 1.82) is 0 Å². The summed E-state index contributed by atoms with van der Waals surface area (Å²) in [5.74, 6) is 0. The standard InChI is InChI=1S/C14H30N2O2.C2H6/c1-5-6-9-16-13(7-10-15-12-17)8-11-18-14(2,3)4;1-2/h12-13,16H,5-11H2,1-4H3,(H,15,17);1-2H3. The van der Waals surface area contributed by atoms with Crippen LogP contribution in [0.2, 0.25) is 0 Å². The van der Waals surface area contributed by atoms with Crippen LogP contribution in [0.4, 0.5) is 0 Å². The third kappa shape index (κ3) is 17.4. The normalized spacial score (nSPS) is 12.3. The molecule has 0 aromatic carbocycles. The fourth-order valence-electron chi connectivity index (χ4n) is 1.66. The van der Waals surface area contributed by atoms with Gasteiger partial charge in [0.05, 0.1) is 5.60 Å². The van der Waals surface area contributed by atoms with Crippen LogP contribution in [0.5, 0.6) is 0 Å². The fraction of sp³-hybridized carbons (Fsp3) is 0.938. The summed E-state index contributed by atoms with van der Waals surface area (Å²) >= 11 is 0. The van der Waals surface area contributed by atoms with Crippen molar-refractivity contribution in [1.82, 2.24) is 10.6 Å². The lowest BCUT2D eigenvalue weighted by Crippen LogP contribution is -2.35. The first-order valence-corrected chi connectivity index (χ1v) is 8.04. The number of nitrogens with one attached hydrogen (secondary N) is 2. The lowest BCUT2D eigenvalue weighted by molar-refractivity contribution is -0.109. The maximum atomic E-state index is 10.2. The molecule has 0 heterocycles. The highest BCUT2D eigenvalue weighted by atomic mass is 16.5. The number of amides is 1. The van der Waals surface area contributed by atoms with E-state index in [0.717, 1.165) is 38.9 Å².